The van der Waals surface area contributed by atoms with E-state index in [-0.39, 0.29) is 17.0 Å². The van der Waals surface area contributed by atoms with Gasteiger partial charge in [-0.2, -0.15) is 0 Å². The molecule has 0 fully saturated rings. The fraction of sp³-hybridized carbons (Fsp3) is 0.231. The van der Waals surface area contributed by atoms with Gasteiger partial charge in [0.05, 0.1) is 39.4 Å². The number of hydrogen-bond donors (Lipinski definition) is 1. The van der Waals surface area contributed by atoms with Crippen molar-refractivity contribution in [2.24, 2.45) is 5.73 Å². The number of nitrogens with two attached hydrogens (primary N) is 1. The summed E-state index contributed by atoms with van der Waals surface area (Å²) in [5.41, 5.74) is 8.52. The van der Waals surface area contributed by atoms with Gasteiger partial charge in [0.25, 0.3) is 5.56 Å². The molecular weight excluding hydrogens is 436 g/mol. The highest BCUT2D eigenvalue weighted by molar-refractivity contribution is 5.92. The molecule has 0 aliphatic carbocycles. The second-order valence-electron chi connectivity index (χ2n) is 7.86. The van der Waals surface area contributed by atoms with Crippen LogP contribution in [-0.2, 0) is 16.1 Å². The number of fused-ring (bicyclic) bond motifs is 1. The first-order chi connectivity index (χ1) is 16.4. The van der Waals surface area contributed by atoms with Gasteiger partial charge >= 0.3 is 5.97 Å². The van der Waals surface area contributed by atoms with Crippen LogP contribution in [0.2, 0.25) is 0 Å². The lowest BCUT2D eigenvalue weighted by Crippen LogP contribution is -2.35. The first kappa shape index (κ1) is 23.0. The van der Waals surface area contributed by atoms with E-state index in [0.29, 0.717) is 40.6 Å². The lowest BCUT2D eigenvalue weighted by atomic mass is 9.83. The van der Waals surface area contributed by atoms with E-state index in [0.717, 1.165) is 5.56 Å². The Balaban J connectivity index is 1.96. The van der Waals surface area contributed by atoms with Crippen LogP contribution in [0.15, 0.2) is 70.8 Å². The summed E-state index contributed by atoms with van der Waals surface area (Å²) >= 11 is 0. The summed E-state index contributed by atoms with van der Waals surface area (Å²) in [6.07, 6.45) is 0. The first-order valence-corrected chi connectivity index (χ1v) is 10.7. The molecule has 0 saturated heterocycles. The Kier molecular flexibility index (Phi) is 6.32. The first-order valence-electron chi connectivity index (χ1n) is 10.7. The molecule has 0 radical (unpaired) electrons. The third kappa shape index (κ3) is 3.98. The summed E-state index contributed by atoms with van der Waals surface area (Å²) in [4.78, 5) is 26.7. The van der Waals surface area contributed by atoms with Gasteiger partial charge in [-0.3, -0.25) is 4.79 Å². The lowest BCUT2D eigenvalue weighted by Gasteiger charge is -2.29. The number of esters is 1. The minimum atomic E-state index is -0.828. The number of ether oxygens (including phenoxy) is 4. The van der Waals surface area contributed by atoms with Crippen LogP contribution in [0.25, 0.3) is 0 Å². The van der Waals surface area contributed by atoms with Gasteiger partial charge in [-0.15, -0.1) is 0 Å². The molecule has 34 heavy (non-hydrogen) atoms. The van der Waals surface area contributed by atoms with Crippen molar-refractivity contribution in [2.75, 3.05) is 21.3 Å². The highest BCUT2D eigenvalue weighted by Gasteiger charge is 2.38. The topological polar surface area (TPSA) is 102 Å². The molecule has 176 valence electrons. The van der Waals surface area contributed by atoms with Crippen LogP contribution in [0.3, 0.4) is 0 Å². The Morgan fingerprint density at radius 3 is 2.38 bits per heavy atom. The maximum Gasteiger partial charge on any atom is 0.340 e. The van der Waals surface area contributed by atoms with Gasteiger partial charge in [-0.25, -0.2) is 4.79 Å². The molecule has 1 aliphatic rings. The Bertz CT molecular complexity index is 1330. The van der Waals surface area contributed by atoms with Gasteiger partial charge in [0.15, 0.2) is 11.5 Å². The average molecular weight is 463 g/mol. The van der Waals surface area contributed by atoms with E-state index in [4.69, 9.17) is 24.7 Å². The number of aromatic nitrogens is 1. The van der Waals surface area contributed by atoms with E-state index >= 15 is 0 Å². The number of carbonyl (C=O) groups is 1. The maximum atomic E-state index is 13.9. The molecule has 1 aliphatic heterocycles. The van der Waals surface area contributed by atoms with Crippen molar-refractivity contribution < 1.29 is 23.7 Å². The number of aryl methyl sites for hydroxylation is 1. The zero-order valence-corrected chi connectivity index (χ0v) is 19.5. The molecule has 3 aromatic rings. The summed E-state index contributed by atoms with van der Waals surface area (Å²) in [5, 5.41) is 0. The third-order valence-electron chi connectivity index (χ3n) is 5.90. The predicted molar refractivity (Wildman–Crippen MR) is 126 cm³/mol. The van der Waals surface area contributed by atoms with Crippen LogP contribution < -0.4 is 25.5 Å². The number of pyridine rings is 1. The van der Waals surface area contributed by atoms with Gasteiger partial charge in [0.1, 0.15) is 11.3 Å². The molecule has 0 saturated carbocycles. The highest BCUT2D eigenvalue weighted by Crippen LogP contribution is 2.43. The second-order valence-corrected chi connectivity index (χ2v) is 7.86. The van der Waals surface area contributed by atoms with Crippen LogP contribution in [0, 0.1) is 6.92 Å². The van der Waals surface area contributed by atoms with Crippen molar-refractivity contribution >= 4 is 5.97 Å². The summed E-state index contributed by atoms with van der Waals surface area (Å²) < 4.78 is 23.2. The van der Waals surface area contributed by atoms with Crippen LogP contribution in [0.1, 0.15) is 28.3 Å². The smallest absolute Gasteiger partial charge is 0.340 e. The molecule has 4 rings (SSSR count). The van der Waals surface area contributed by atoms with Gasteiger partial charge in [-0.05, 0) is 30.2 Å². The minimum absolute atomic E-state index is 0.0504. The van der Waals surface area contributed by atoms with Gasteiger partial charge < -0.3 is 29.2 Å². The number of benzene rings is 2. The lowest BCUT2D eigenvalue weighted by molar-refractivity contribution is -0.136. The van der Waals surface area contributed by atoms with Gasteiger partial charge in [0.2, 0.25) is 5.88 Å². The van der Waals surface area contributed by atoms with E-state index < -0.39 is 11.9 Å². The Morgan fingerprint density at radius 1 is 1.03 bits per heavy atom. The standard InChI is InChI=1S/C26H26N2O6/c1-15-12-20-22(25(29)28(15)14-16-8-6-5-7-9-16)21(23(24(27)34-20)26(30)33-4)17-10-11-18(31-2)19(13-17)32-3/h5-13,21H,14,27H2,1-4H3. The zero-order chi connectivity index (χ0) is 24.4. The van der Waals surface area contributed by atoms with Crippen LogP contribution in [0.5, 0.6) is 17.2 Å². The SMILES string of the molecule is COC(=O)C1=C(N)Oc2cc(C)n(Cc3ccccc3)c(=O)c2C1c1ccc(OC)c(OC)c1. The fourth-order valence-corrected chi connectivity index (χ4v) is 4.22. The molecule has 1 unspecified atom stereocenters. The minimum Gasteiger partial charge on any atom is -0.493 e. The normalized spacial score (nSPS) is 14.8. The largest absolute Gasteiger partial charge is 0.493 e. The summed E-state index contributed by atoms with van der Waals surface area (Å²) in [6, 6.07) is 16.6. The van der Waals surface area contributed by atoms with Crippen molar-refractivity contribution in [3.05, 3.63) is 98.8 Å². The number of rotatable bonds is 6. The van der Waals surface area contributed by atoms with E-state index in [1.165, 1.54) is 21.3 Å². The average Bonchev–Trinajstić information content (AvgIpc) is 2.85. The Hall–Kier alpha value is -4.20. The summed E-state index contributed by atoms with van der Waals surface area (Å²) in [7, 11) is 4.30. The molecule has 1 aromatic heterocycles. The molecule has 2 heterocycles. The maximum absolute atomic E-state index is 13.9. The van der Waals surface area contributed by atoms with Crippen LogP contribution >= 0.6 is 0 Å². The van der Waals surface area contributed by atoms with E-state index in [1.807, 2.05) is 37.3 Å². The number of nitrogens with zero attached hydrogens (tertiary/aromatic N) is 1. The molecule has 0 bridgehead atoms. The quantitative estimate of drug-likeness (QED) is 0.562. The zero-order valence-electron chi connectivity index (χ0n) is 19.5. The van der Waals surface area contributed by atoms with Crippen LogP contribution in [0.4, 0.5) is 0 Å². The van der Waals surface area contributed by atoms with E-state index in [1.54, 1.807) is 28.8 Å². The van der Waals surface area contributed by atoms with Crippen molar-refractivity contribution in [3.8, 4) is 17.2 Å². The molecular formula is C26H26N2O6. The molecule has 1 atom stereocenters. The molecule has 8 heteroatoms. The Morgan fingerprint density at radius 2 is 1.74 bits per heavy atom. The number of hydrogen-bond acceptors (Lipinski definition) is 7. The second kappa shape index (κ2) is 9.35. The van der Waals surface area contributed by atoms with Crippen molar-refractivity contribution in [2.45, 2.75) is 19.4 Å². The molecule has 2 N–H and O–H groups in total. The van der Waals surface area contributed by atoms with Crippen molar-refractivity contribution in [1.29, 1.82) is 0 Å². The van der Waals surface area contributed by atoms with E-state index in [2.05, 4.69) is 0 Å². The predicted octanol–water partition coefficient (Wildman–Crippen LogP) is 3.09. The Labute approximate surface area is 197 Å². The number of methoxy groups -OCH3 is 3. The van der Waals surface area contributed by atoms with Crippen molar-refractivity contribution in [3.63, 3.8) is 0 Å². The van der Waals surface area contributed by atoms with Crippen molar-refractivity contribution in [1.82, 2.24) is 4.57 Å². The monoisotopic (exact) mass is 462 g/mol. The molecule has 2 aromatic carbocycles. The summed E-state index contributed by atoms with van der Waals surface area (Å²) in [5.74, 6) is -0.354. The third-order valence-corrected chi connectivity index (χ3v) is 5.90. The van der Waals surface area contributed by atoms with Gasteiger partial charge in [-0.1, -0.05) is 36.4 Å². The van der Waals surface area contributed by atoms with Crippen LogP contribution in [-0.4, -0.2) is 31.9 Å². The number of carbonyl (C=O) groups excluding carboxylic acids is 1. The molecule has 8 nitrogen and oxygen atoms in total. The molecule has 0 spiro atoms. The molecule has 0 amide bonds. The fourth-order valence-electron chi connectivity index (χ4n) is 4.22. The summed E-state index contributed by atoms with van der Waals surface area (Å²) in [6.45, 7) is 2.19. The van der Waals surface area contributed by atoms with Gasteiger partial charge in [0, 0.05) is 11.8 Å². The highest BCUT2D eigenvalue weighted by atomic mass is 16.5. The van der Waals surface area contributed by atoms with E-state index in [9.17, 15) is 9.59 Å².